The largest absolute Gasteiger partial charge is 0.469 e. The van der Waals surface area contributed by atoms with Crippen molar-refractivity contribution in [3.63, 3.8) is 0 Å². The van der Waals surface area contributed by atoms with Crippen LogP contribution in [0.1, 0.15) is 105 Å². The highest BCUT2D eigenvalue weighted by Gasteiger charge is 2.72. The lowest BCUT2D eigenvalue weighted by Crippen LogP contribution is -2.67. The molecule has 1 aromatic rings. The van der Waals surface area contributed by atoms with E-state index in [1.807, 2.05) is 6.07 Å². The normalized spacial score (nSPS) is 45.7. The Labute approximate surface area is 248 Å². The van der Waals surface area contributed by atoms with Crippen molar-refractivity contribution in [1.29, 1.82) is 0 Å². The van der Waals surface area contributed by atoms with Gasteiger partial charge in [-0.25, -0.2) is 0 Å². The molecular weight excluding hydrogens is 504 g/mol. The highest BCUT2D eigenvalue weighted by molar-refractivity contribution is 6.04. The zero-order valence-corrected chi connectivity index (χ0v) is 26.6. The summed E-state index contributed by atoms with van der Waals surface area (Å²) < 4.78 is 5.54. The maximum Gasteiger partial charge on any atom is 0.312 e. The third-order valence-corrected chi connectivity index (χ3v) is 14.4. The van der Waals surface area contributed by atoms with Crippen LogP contribution in [0.5, 0.6) is 0 Å². The average Bonchev–Trinajstić information content (AvgIpc) is 3.33. The number of methoxy groups -OCH3 is 1. The van der Waals surface area contributed by atoms with Crippen LogP contribution in [0.3, 0.4) is 0 Å². The van der Waals surface area contributed by atoms with Gasteiger partial charge < -0.3 is 4.74 Å². The number of carbonyl (C=O) groups is 2. The molecule has 3 heteroatoms. The molecule has 0 saturated heterocycles. The summed E-state index contributed by atoms with van der Waals surface area (Å²) in [4.78, 5) is 27.5. The smallest absolute Gasteiger partial charge is 0.312 e. The molecule has 41 heavy (non-hydrogen) atoms. The lowest BCUT2D eigenvalue weighted by molar-refractivity contribution is -0.232. The van der Waals surface area contributed by atoms with Crippen molar-refractivity contribution >= 4 is 17.8 Å². The van der Waals surface area contributed by atoms with E-state index in [0.29, 0.717) is 35.4 Å². The van der Waals surface area contributed by atoms with Gasteiger partial charge in [0.1, 0.15) is 0 Å². The Morgan fingerprint density at radius 3 is 2.27 bits per heavy atom. The third-order valence-electron chi connectivity index (χ3n) is 14.4. The molecule has 5 aliphatic carbocycles. The number of ketones is 1. The third kappa shape index (κ3) is 3.75. The maximum atomic E-state index is 14.0. The molecule has 3 nitrogen and oxygen atoms in total. The van der Waals surface area contributed by atoms with Crippen molar-refractivity contribution in [3.05, 3.63) is 53.6 Å². The summed E-state index contributed by atoms with van der Waals surface area (Å²) in [5, 5.41) is 0. The Hall–Kier alpha value is -2.16. The summed E-state index contributed by atoms with van der Waals surface area (Å²) >= 11 is 0. The number of hydrogen-bond donors (Lipinski definition) is 0. The van der Waals surface area contributed by atoms with Gasteiger partial charge in [0.2, 0.25) is 0 Å². The summed E-state index contributed by atoms with van der Waals surface area (Å²) in [5.41, 5.74) is 3.06. The van der Waals surface area contributed by atoms with Crippen LogP contribution >= 0.6 is 0 Å². The second-order valence-electron chi connectivity index (χ2n) is 16.1. The van der Waals surface area contributed by atoms with E-state index in [2.05, 4.69) is 78.5 Å². The average molecular weight is 557 g/mol. The van der Waals surface area contributed by atoms with Crippen molar-refractivity contribution in [2.75, 3.05) is 7.11 Å². The van der Waals surface area contributed by atoms with Crippen LogP contribution in [0.2, 0.25) is 0 Å². The fourth-order valence-electron chi connectivity index (χ4n) is 12.4. The number of esters is 1. The molecule has 5 fully saturated rings. The minimum Gasteiger partial charge on any atom is -0.469 e. The minimum absolute atomic E-state index is 0.0273. The summed E-state index contributed by atoms with van der Waals surface area (Å²) in [7, 11) is 1.59. The van der Waals surface area contributed by atoms with Crippen LogP contribution in [-0.2, 0) is 14.3 Å². The Morgan fingerprint density at radius 1 is 0.902 bits per heavy atom. The van der Waals surface area contributed by atoms with Gasteiger partial charge in [-0.15, -0.1) is 0 Å². The van der Waals surface area contributed by atoms with Crippen molar-refractivity contribution in [1.82, 2.24) is 0 Å². The van der Waals surface area contributed by atoms with Gasteiger partial charge in [-0.2, -0.15) is 0 Å². The first-order valence-electron chi connectivity index (χ1n) is 16.3. The molecule has 5 aliphatic rings. The summed E-state index contributed by atoms with van der Waals surface area (Å²) in [6.45, 7) is 18.9. The topological polar surface area (TPSA) is 43.4 Å². The lowest BCUT2D eigenvalue weighted by atomic mass is 9.32. The van der Waals surface area contributed by atoms with Gasteiger partial charge in [0, 0.05) is 5.41 Å². The van der Waals surface area contributed by atoms with E-state index in [1.165, 1.54) is 24.8 Å². The Kier molecular flexibility index (Phi) is 6.65. The number of ether oxygens (including phenoxy) is 1. The number of Topliss-reactive ketones (excluding diaryl/α,β-unsaturated/α-hetero) is 1. The fourth-order valence-corrected chi connectivity index (χ4v) is 12.4. The first-order chi connectivity index (χ1) is 19.3. The molecule has 0 amide bonds. The summed E-state index contributed by atoms with van der Waals surface area (Å²) in [5.74, 6) is 2.55. The Bertz CT molecular complexity index is 1290. The van der Waals surface area contributed by atoms with E-state index in [9.17, 15) is 9.59 Å². The van der Waals surface area contributed by atoms with E-state index in [-0.39, 0.29) is 33.0 Å². The second-order valence-corrected chi connectivity index (χ2v) is 16.1. The number of benzene rings is 1. The summed E-state index contributed by atoms with van der Waals surface area (Å²) in [6.07, 6.45) is 11.7. The predicted octanol–water partition coefficient (Wildman–Crippen LogP) is 9.08. The molecular formula is C38H52O3. The second kappa shape index (κ2) is 9.42. The molecule has 0 spiro atoms. The molecule has 0 N–H and O–H groups in total. The van der Waals surface area contributed by atoms with Crippen LogP contribution in [-0.4, -0.2) is 18.9 Å². The Balaban J connectivity index is 1.42. The van der Waals surface area contributed by atoms with Crippen molar-refractivity contribution in [2.45, 2.75) is 99.3 Å². The highest BCUT2D eigenvalue weighted by Crippen LogP contribution is 2.77. The molecule has 6 rings (SSSR count). The minimum atomic E-state index is -0.365. The standard InChI is InChI=1S/C38H52O3/c1-24(2)27-16-19-38(33(40)41-8)21-20-36(6)28(31(27)38)14-15-30-35(5)23-26(22-25-12-10-9-11-13-25)32(39)34(3,4)29(35)17-18-37(30,36)7/h9-13,22,27-31H,1,14-21,23H2,2-8H3/b26-22+/t27-,28?,29?,30?,31?,35-,36+,37+,38?/m0/s1. The number of carbonyl (C=O) groups excluding carboxylic acids is 2. The number of rotatable bonds is 3. The van der Waals surface area contributed by atoms with Crippen molar-refractivity contribution in [2.24, 2.45) is 56.7 Å². The monoisotopic (exact) mass is 556 g/mol. The zero-order chi connectivity index (χ0) is 29.6. The number of allylic oxidation sites excluding steroid dienone is 2. The van der Waals surface area contributed by atoms with E-state index in [4.69, 9.17) is 4.74 Å². The number of fused-ring (bicyclic) bond motifs is 7. The molecule has 0 heterocycles. The van der Waals surface area contributed by atoms with Gasteiger partial charge in [-0.3, -0.25) is 9.59 Å². The van der Waals surface area contributed by atoms with Gasteiger partial charge in [-0.05, 0) is 128 Å². The van der Waals surface area contributed by atoms with Crippen LogP contribution in [0.4, 0.5) is 0 Å². The van der Waals surface area contributed by atoms with Gasteiger partial charge >= 0.3 is 5.97 Å². The lowest BCUT2D eigenvalue weighted by Gasteiger charge is -2.72. The van der Waals surface area contributed by atoms with Gasteiger partial charge in [-0.1, -0.05) is 77.1 Å². The SMILES string of the molecule is C=C(C)[C@@H]1CCC2(C(=O)OC)CC[C@]3(C)C(CCC4[C@@]5(C)C/C(=C\c6ccccc6)C(=O)C(C)(C)C5CC[C@]43C)C12. The predicted molar refractivity (Wildman–Crippen MR) is 166 cm³/mol. The van der Waals surface area contributed by atoms with Crippen LogP contribution in [0.25, 0.3) is 6.08 Å². The molecule has 1 aromatic carbocycles. The molecule has 5 saturated carbocycles. The van der Waals surface area contributed by atoms with Crippen LogP contribution < -0.4 is 0 Å². The summed E-state index contributed by atoms with van der Waals surface area (Å²) in [6, 6.07) is 10.4. The molecule has 0 radical (unpaired) electrons. The van der Waals surface area contributed by atoms with Crippen LogP contribution in [0, 0.1) is 56.7 Å². The quantitative estimate of drug-likeness (QED) is 0.212. The molecule has 0 bridgehead atoms. The maximum absolute atomic E-state index is 14.0. The molecule has 9 atom stereocenters. The molecule has 222 valence electrons. The van der Waals surface area contributed by atoms with Gasteiger partial charge in [0.05, 0.1) is 12.5 Å². The molecule has 0 aliphatic heterocycles. The highest BCUT2D eigenvalue weighted by atomic mass is 16.5. The number of hydrogen-bond acceptors (Lipinski definition) is 3. The van der Waals surface area contributed by atoms with E-state index < -0.39 is 0 Å². The van der Waals surface area contributed by atoms with Gasteiger partial charge in [0.25, 0.3) is 0 Å². The van der Waals surface area contributed by atoms with Gasteiger partial charge in [0.15, 0.2) is 5.78 Å². The van der Waals surface area contributed by atoms with E-state index >= 15 is 0 Å². The zero-order valence-electron chi connectivity index (χ0n) is 26.6. The van der Waals surface area contributed by atoms with Crippen molar-refractivity contribution in [3.8, 4) is 0 Å². The van der Waals surface area contributed by atoms with E-state index in [1.54, 1.807) is 7.11 Å². The van der Waals surface area contributed by atoms with E-state index in [0.717, 1.165) is 49.7 Å². The van der Waals surface area contributed by atoms with Crippen molar-refractivity contribution < 1.29 is 14.3 Å². The Morgan fingerprint density at radius 2 is 1.61 bits per heavy atom. The molecule has 0 aromatic heterocycles. The molecule has 5 unspecified atom stereocenters. The van der Waals surface area contributed by atoms with Crippen LogP contribution in [0.15, 0.2) is 48.1 Å². The fraction of sp³-hybridized carbons (Fsp3) is 0.684. The first kappa shape index (κ1) is 28.9. The first-order valence-corrected chi connectivity index (χ1v) is 16.3.